The zero-order valence-electron chi connectivity index (χ0n) is 14.2. The Bertz CT molecular complexity index is 1170. The van der Waals surface area contributed by atoms with Crippen molar-refractivity contribution in [1.29, 1.82) is 0 Å². The quantitative estimate of drug-likeness (QED) is 0.283. The number of fused-ring (bicyclic) bond motifs is 2. The van der Waals surface area contributed by atoms with Crippen LogP contribution in [-0.4, -0.2) is 26.7 Å². The van der Waals surface area contributed by atoms with Gasteiger partial charge in [-0.25, -0.2) is 0 Å². The minimum atomic E-state index is -0.840. The van der Waals surface area contributed by atoms with Crippen molar-refractivity contribution >= 4 is 28.6 Å². The molecule has 0 saturated carbocycles. The van der Waals surface area contributed by atoms with Gasteiger partial charge in [0, 0.05) is 28.4 Å². The molecular weight excluding hydrogens is 364 g/mol. The Kier molecular flexibility index (Phi) is 3.82. The van der Waals surface area contributed by atoms with Crippen LogP contribution in [0, 0.1) is 10.1 Å². The number of phenols is 2. The topological polar surface area (TPSA) is 130 Å². The number of phenolic OH excluding ortho intramolecular Hbond substituents is 2. The molecule has 0 saturated heterocycles. The molecule has 4 rings (SSSR count). The Morgan fingerprint density at radius 1 is 0.857 bits per heavy atom. The van der Waals surface area contributed by atoms with E-state index in [1.165, 1.54) is 12.1 Å². The molecule has 0 radical (unpaired) electrons. The SMILES string of the molecule is O=C1c2cc([N+](=O)[O-])c(O)cc2C(=O)c2c1ccc(Nc1ccccc1)c2O. The number of aromatic hydroxyl groups is 2. The van der Waals surface area contributed by atoms with Crippen LogP contribution in [-0.2, 0) is 0 Å². The standard InChI is InChI=1S/C20H12N2O6/c23-16-9-13-12(8-15(16)22(27)28)18(24)11-6-7-14(20(26)17(11)19(13)25)21-10-4-2-1-3-5-10/h1-9,21,23,26H. The first kappa shape index (κ1) is 17.2. The minimum absolute atomic E-state index is 0.0615. The molecule has 1 aliphatic carbocycles. The predicted octanol–water partition coefficient (Wildman–Crippen LogP) is 3.53. The van der Waals surface area contributed by atoms with Gasteiger partial charge in [0.25, 0.3) is 0 Å². The van der Waals surface area contributed by atoms with Gasteiger partial charge in [0.1, 0.15) is 0 Å². The van der Waals surface area contributed by atoms with Crippen molar-refractivity contribution in [2.24, 2.45) is 0 Å². The van der Waals surface area contributed by atoms with E-state index in [1.54, 1.807) is 24.3 Å². The second-order valence-corrected chi connectivity index (χ2v) is 6.18. The second kappa shape index (κ2) is 6.20. The summed E-state index contributed by atoms with van der Waals surface area (Å²) in [4.78, 5) is 35.8. The summed E-state index contributed by atoms with van der Waals surface area (Å²) in [6.07, 6.45) is 0. The molecule has 0 amide bonds. The summed E-state index contributed by atoms with van der Waals surface area (Å²) in [7, 11) is 0. The lowest BCUT2D eigenvalue weighted by molar-refractivity contribution is -0.385. The van der Waals surface area contributed by atoms with Crippen molar-refractivity contribution in [3.05, 3.63) is 87.0 Å². The lowest BCUT2D eigenvalue weighted by atomic mass is 9.83. The number of ketones is 2. The Morgan fingerprint density at radius 2 is 1.54 bits per heavy atom. The lowest BCUT2D eigenvalue weighted by Crippen LogP contribution is -2.21. The van der Waals surface area contributed by atoms with Gasteiger partial charge in [-0.2, -0.15) is 0 Å². The normalized spacial score (nSPS) is 12.3. The molecule has 3 N–H and O–H groups in total. The van der Waals surface area contributed by atoms with E-state index >= 15 is 0 Å². The first-order valence-corrected chi connectivity index (χ1v) is 8.17. The number of rotatable bonds is 3. The lowest BCUT2D eigenvalue weighted by Gasteiger charge is -2.20. The zero-order chi connectivity index (χ0) is 20.0. The van der Waals surface area contributed by atoms with Crippen LogP contribution in [0.25, 0.3) is 0 Å². The van der Waals surface area contributed by atoms with Crippen LogP contribution in [0.3, 0.4) is 0 Å². The third kappa shape index (κ3) is 2.55. The van der Waals surface area contributed by atoms with E-state index in [0.717, 1.165) is 12.1 Å². The molecule has 1 aliphatic rings. The average molecular weight is 376 g/mol. The third-order valence-corrected chi connectivity index (χ3v) is 4.50. The molecule has 8 nitrogen and oxygen atoms in total. The molecule has 0 fully saturated rings. The van der Waals surface area contributed by atoms with E-state index in [4.69, 9.17) is 0 Å². The number of nitro groups is 1. The van der Waals surface area contributed by atoms with Gasteiger partial charge in [-0.3, -0.25) is 19.7 Å². The van der Waals surface area contributed by atoms with Crippen LogP contribution in [0.2, 0.25) is 0 Å². The minimum Gasteiger partial charge on any atom is -0.505 e. The highest BCUT2D eigenvalue weighted by atomic mass is 16.6. The maximum atomic E-state index is 12.9. The molecule has 0 atom stereocenters. The van der Waals surface area contributed by atoms with Gasteiger partial charge in [-0.05, 0) is 30.3 Å². The summed E-state index contributed by atoms with van der Waals surface area (Å²) in [6.45, 7) is 0. The number of benzene rings is 3. The van der Waals surface area contributed by atoms with E-state index in [9.17, 15) is 29.9 Å². The molecular formula is C20H12N2O6. The van der Waals surface area contributed by atoms with Crippen molar-refractivity contribution in [2.45, 2.75) is 0 Å². The van der Waals surface area contributed by atoms with Gasteiger partial charge in [0.2, 0.25) is 0 Å². The maximum Gasteiger partial charge on any atom is 0.311 e. The van der Waals surface area contributed by atoms with Crippen LogP contribution in [0.4, 0.5) is 17.1 Å². The monoisotopic (exact) mass is 376 g/mol. The molecule has 3 aromatic carbocycles. The highest BCUT2D eigenvalue weighted by Gasteiger charge is 2.35. The Balaban J connectivity index is 1.85. The van der Waals surface area contributed by atoms with E-state index in [0.29, 0.717) is 5.69 Å². The number of nitro benzene ring substituents is 1. The fourth-order valence-electron chi connectivity index (χ4n) is 3.17. The Hall–Kier alpha value is -4.20. The number of nitrogens with one attached hydrogen (secondary N) is 1. The van der Waals surface area contributed by atoms with Crippen molar-refractivity contribution < 1.29 is 24.7 Å². The molecule has 8 heteroatoms. The van der Waals surface area contributed by atoms with Gasteiger partial charge in [0.05, 0.1) is 16.2 Å². The fraction of sp³-hybridized carbons (Fsp3) is 0. The van der Waals surface area contributed by atoms with Gasteiger partial charge >= 0.3 is 5.69 Å². The Labute approximate surface area is 157 Å². The van der Waals surface area contributed by atoms with E-state index in [1.807, 2.05) is 6.07 Å². The smallest absolute Gasteiger partial charge is 0.311 e. The number of anilines is 2. The van der Waals surface area contributed by atoms with Gasteiger partial charge in [0.15, 0.2) is 23.1 Å². The van der Waals surface area contributed by atoms with Crippen LogP contribution in [0.1, 0.15) is 31.8 Å². The highest BCUT2D eigenvalue weighted by Crippen LogP contribution is 2.41. The summed E-state index contributed by atoms with van der Waals surface area (Å²) in [5.74, 6) is -2.49. The zero-order valence-corrected chi connectivity index (χ0v) is 14.2. The van der Waals surface area contributed by atoms with Gasteiger partial charge < -0.3 is 15.5 Å². The molecule has 0 spiro atoms. The Morgan fingerprint density at radius 3 is 2.21 bits per heavy atom. The summed E-state index contributed by atoms with van der Waals surface area (Å²) < 4.78 is 0. The van der Waals surface area contributed by atoms with E-state index < -0.39 is 33.7 Å². The van der Waals surface area contributed by atoms with Crippen molar-refractivity contribution in [3.8, 4) is 11.5 Å². The van der Waals surface area contributed by atoms with Crippen LogP contribution >= 0.6 is 0 Å². The highest BCUT2D eigenvalue weighted by molar-refractivity contribution is 6.30. The molecule has 3 aromatic rings. The van der Waals surface area contributed by atoms with Crippen LogP contribution < -0.4 is 5.32 Å². The number of carbonyl (C=O) groups is 2. The predicted molar refractivity (Wildman–Crippen MR) is 99.5 cm³/mol. The summed E-state index contributed by atoms with van der Waals surface area (Å²) >= 11 is 0. The fourth-order valence-corrected chi connectivity index (χ4v) is 3.17. The number of para-hydroxylation sites is 1. The second-order valence-electron chi connectivity index (χ2n) is 6.18. The summed E-state index contributed by atoms with van der Waals surface area (Å²) in [5.41, 5.74) is -0.449. The molecule has 28 heavy (non-hydrogen) atoms. The van der Waals surface area contributed by atoms with E-state index in [-0.39, 0.29) is 27.9 Å². The van der Waals surface area contributed by atoms with Gasteiger partial charge in [-0.1, -0.05) is 18.2 Å². The average Bonchev–Trinajstić information content (AvgIpc) is 2.68. The number of nitrogens with zero attached hydrogens (tertiary/aromatic N) is 1. The summed E-state index contributed by atoms with van der Waals surface area (Å²) in [6, 6.07) is 13.5. The van der Waals surface area contributed by atoms with E-state index in [2.05, 4.69) is 5.32 Å². The molecule has 0 aromatic heterocycles. The van der Waals surface area contributed by atoms with Crippen LogP contribution in [0.15, 0.2) is 54.6 Å². The van der Waals surface area contributed by atoms with Gasteiger partial charge in [-0.15, -0.1) is 0 Å². The first-order valence-electron chi connectivity index (χ1n) is 8.17. The summed E-state index contributed by atoms with van der Waals surface area (Å²) in [5, 5.41) is 34.4. The number of carbonyl (C=O) groups excluding carboxylic acids is 2. The molecule has 0 aliphatic heterocycles. The van der Waals surface area contributed by atoms with Crippen LogP contribution in [0.5, 0.6) is 11.5 Å². The third-order valence-electron chi connectivity index (χ3n) is 4.50. The molecule has 138 valence electrons. The van der Waals surface area contributed by atoms with Crippen molar-refractivity contribution in [1.82, 2.24) is 0 Å². The maximum absolute atomic E-state index is 12.9. The van der Waals surface area contributed by atoms with Crippen molar-refractivity contribution in [2.75, 3.05) is 5.32 Å². The molecule has 0 heterocycles. The molecule has 0 bridgehead atoms. The largest absolute Gasteiger partial charge is 0.505 e. The van der Waals surface area contributed by atoms with Crippen molar-refractivity contribution in [3.63, 3.8) is 0 Å². The number of hydrogen-bond acceptors (Lipinski definition) is 7. The number of hydrogen-bond donors (Lipinski definition) is 3. The first-order chi connectivity index (χ1) is 13.4. The molecule has 0 unspecified atom stereocenters.